The van der Waals surface area contributed by atoms with Crippen molar-refractivity contribution in [2.75, 3.05) is 18.9 Å². The molecule has 2 rings (SSSR count). The maximum absolute atomic E-state index is 12.0. The van der Waals surface area contributed by atoms with Crippen LogP contribution in [0.3, 0.4) is 0 Å². The lowest BCUT2D eigenvalue weighted by Crippen LogP contribution is -2.24. The number of anilines is 1. The maximum atomic E-state index is 12.0. The van der Waals surface area contributed by atoms with Crippen LogP contribution in [0.2, 0.25) is 0 Å². The van der Waals surface area contributed by atoms with Crippen LogP contribution >= 0.6 is 0 Å². The van der Waals surface area contributed by atoms with Crippen molar-refractivity contribution < 1.29 is 9.53 Å². The SMILES string of the molecule is CCNC(=O)c1cc(-c2ccccc2OCC(C)C)nc(N)n1. The van der Waals surface area contributed by atoms with E-state index in [2.05, 4.69) is 29.1 Å². The van der Waals surface area contributed by atoms with Gasteiger partial charge in [-0.05, 0) is 31.0 Å². The van der Waals surface area contributed by atoms with Gasteiger partial charge in [-0.25, -0.2) is 9.97 Å². The molecule has 6 heteroatoms. The molecule has 0 aliphatic heterocycles. The zero-order valence-corrected chi connectivity index (χ0v) is 13.7. The number of nitrogens with two attached hydrogens (primary N) is 1. The highest BCUT2D eigenvalue weighted by Gasteiger charge is 2.14. The van der Waals surface area contributed by atoms with Gasteiger partial charge in [0.05, 0.1) is 12.3 Å². The number of nitrogen functional groups attached to an aromatic ring is 1. The summed E-state index contributed by atoms with van der Waals surface area (Å²) in [7, 11) is 0. The molecule has 0 saturated carbocycles. The Kier molecular flexibility index (Phi) is 5.51. The van der Waals surface area contributed by atoms with E-state index in [9.17, 15) is 4.79 Å². The van der Waals surface area contributed by atoms with E-state index in [0.717, 1.165) is 5.56 Å². The van der Waals surface area contributed by atoms with E-state index in [4.69, 9.17) is 10.5 Å². The number of aromatic nitrogens is 2. The average molecular weight is 314 g/mol. The monoisotopic (exact) mass is 314 g/mol. The number of amides is 1. The number of carbonyl (C=O) groups is 1. The van der Waals surface area contributed by atoms with Crippen LogP contribution in [0, 0.1) is 5.92 Å². The molecular weight excluding hydrogens is 292 g/mol. The van der Waals surface area contributed by atoms with E-state index in [0.29, 0.717) is 30.5 Å². The summed E-state index contributed by atoms with van der Waals surface area (Å²) in [6.45, 7) is 7.13. The minimum absolute atomic E-state index is 0.0578. The number of rotatable bonds is 6. The van der Waals surface area contributed by atoms with Crippen LogP contribution in [0.4, 0.5) is 5.95 Å². The molecule has 6 nitrogen and oxygen atoms in total. The third-order valence-electron chi connectivity index (χ3n) is 3.05. The van der Waals surface area contributed by atoms with Crippen molar-refractivity contribution in [2.45, 2.75) is 20.8 Å². The van der Waals surface area contributed by atoms with Crippen molar-refractivity contribution in [1.29, 1.82) is 0 Å². The van der Waals surface area contributed by atoms with Crippen LogP contribution in [-0.4, -0.2) is 29.0 Å². The lowest BCUT2D eigenvalue weighted by atomic mass is 10.1. The second-order valence-corrected chi connectivity index (χ2v) is 5.56. The highest BCUT2D eigenvalue weighted by Crippen LogP contribution is 2.29. The van der Waals surface area contributed by atoms with E-state index in [1.54, 1.807) is 6.07 Å². The van der Waals surface area contributed by atoms with Gasteiger partial charge in [0.2, 0.25) is 5.95 Å². The molecule has 0 aliphatic rings. The third-order valence-corrected chi connectivity index (χ3v) is 3.05. The molecule has 1 amide bonds. The Labute approximate surface area is 136 Å². The Morgan fingerprint density at radius 2 is 2.04 bits per heavy atom. The number of ether oxygens (including phenoxy) is 1. The summed E-state index contributed by atoms with van der Waals surface area (Å²) in [6, 6.07) is 9.18. The van der Waals surface area contributed by atoms with Gasteiger partial charge in [-0.2, -0.15) is 0 Å². The van der Waals surface area contributed by atoms with Gasteiger partial charge in [-0.3, -0.25) is 4.79 Å². The Balaban J connectivity index is 2.40. The van der Waals surface area contributed by atoms with Crippen molar-refractivity contribution in [1.82, 2.24) is 15.3 Å². The summed E-state index contributed by atoms with van der Waals surface area (Å²) in [6.07, 6.45) is 0. The standard InChI is InChI=1S/C17H22N4O2/c1-4-19-16(22)14-9-13(20-17(18)21-14)12-7-5-6-8-15(12)23-10-11(2)3/h5-9,11H,4,10H2,1-3H3,(H,19,22)(H2,18,20,21). The first-order valence-corrected chi connectivity index (χ1v) is 7.66. The van der Waals surface area contributed by atoms with Gasteiger partial charge in [0.15, 0.2) is 0 Å². The van der Waals surface area contributed by atoms with E-state index in [-0.39, 0.29) is 17.5 Å². The summed E-state index contributed by atoms with van der Waals surface area (Å²) in [4.78, 5) is 20.2. The number of hydrogen-bond acceptors (Lipinski definition) is 5. The molecule has 2 aromatic rings. The van der Waals surface area contributed by atoms with Crippen LogP contribution in [0.25, 0.3) is 11.3 Å². The summed E-state index contributed by atoms with van der Waals surface area (Å²) in [5, 5.41) is 2.71. The van der Waals surface area contributed by atoms with Gasteiger partial charge in [0.1, 0.15) is 11.4 Å². The lowest BCUT2D eigenvalue weighted by molar-refractivity contribution is 0.0951. The molecule has 122 valence electrons. The average Bonchev–Trinajstić information content (AvgIpc) is 2.53. The molecule has 1 heterocycles. The van der Waals surface area contributed by atoms with Gasteiger partial charge in [0.25, 0.3) is 5.91 Å². The molecule has 0 saturated heterocycles. The minimum atomic E-state index is -0.275. The van der Waals surface area contributed by atoms with E-state index < -0.39 is 0 Å². The molecule has 3 N–H and O–H groups in total. The molecule has 0 aliphatic carbocycles. The predicted octanol–water partition coefficient (Wildman–Crippen LogP) is 2.51. The summed E-state index contributed by atoms with van der Waals surface area (Å²) >= 11 is 0. The fourth-order valence-corrected chi connectivity index (χ4v) is 2.03. The second-order valence-electron chi connectivity index (χ2n) is 5.56. The van der Waals surface area contributed by atoms with Crippen LogP contribution < -0.4 is 15.8 Å². The van der Waals surface area contributed by atoms with Crippen LogP contribution in [0.5, 0.6) is 5.75 Å². The third kappa shape index (κ3) is 4.42. The Bertz CT molecular complexity index is 686. The first-order chi connectivity index (χ1) is 11.0. The largest absolute Gasteiger partial charge is 0.493 e. The molecule has 1 aromatic carbocycles. The number of para-hydroxylation sites is 1. The van der Waals surface area contributed by atoms with Crippen molar-refractivity contribution in [3.05, 3.63) is 36.0 Å². The summed E-state index contributed by atoms with van der Waals surface area (Å²) < 4.78 is 5.84. The van der Waals surface area contributed by atoms with Gasteiger partial charge in [-0.1, -0.05) is 26.0 Å². The Morgan fingerprint density at radius 1 is 1.30 bits per heavy atom. The quantitative estimate of drug-likeness (QED) is 0.855. The van der Waals surface area contributed by atoms with E-state index in [1.165, 1.54) is 0 Å². The van der Waals surface area contributed by atoms with Crippen LogP contribution in [0.15, 0.2) is 30.3 Å². The minimum Gasteiger partial charge on any atom is -0.493 e. The van der Waals surface area contributed by atoms with Crippen molar-refractivity contribution >= 4 is 11.9 Å². The van der Waals surface area contributed by atoms with Gasteiger partial charge in [0, 0.05) is 12.1 Å². The molecular formula is C17H22N4O2. The Morgan fingerprint density at radius 3 is 2.74 bits per heavy atom. The molecule has 0 radical (unpaired) electrons. The maximum Gasteiger partial charge on any atom is 0.270 e. The number of carbonyl (C=O) groups excluding carboxylic acids is 1. The molecule has 1 aromatic heterocycles. The fourth-order valence-electron chi connectivity index (χ4n) is 2.03. The first kappa shape index (κ1) is 16.7. The molecule has 0 bridgehead atoms. The van der Waals surface area contributed by atoms with Crippen molar-refractivity contribution in [3.63, 3.8) is 0 Å². The lowest BCUT2D eigenvalue weighted by Gasteiger charge is -2.13. The van der Waals surface area contributed by atoms with Gasteiger partial charge >= 0.3 is 0 Å². The van der Waals surface area contributed by atoms with Crippen LogP contribution in [0.1, 0.15) is 31.3 Å². The molecule has 0 unspecified atom stereocenters. The van der Waals surface area contributed by atoms with Gasteiger partial charge in [-0.15, -0.1) is 0 Å². The summed E-state index contributed by atoms with van der Waals surface area (Å²) in [5.74, 6) is 0.899. The molecule has 0 fully saturated rings. The van der Waals surface area contributed by atoms with Gasteiger partial charge < -0.3 is 15.8 Å². The highest BCUT2D eigenvalue weighted by atomic mass is 16.5. The topological polar surface area (TPSA) is 90.1 Å². The number of nitrogens with zero attached hydrogens (tertiary/aromatic N) is 2. The number of benzene rings is 1. The highest BCUT2D eigenvalue weighted by molar-refractivity contribution is 5.93. The Hall–Kier alpha value is -2.63. The van der Waals surface area contributed by atoms with Crippen LogP contribution in [-0.2, 0) is 0 Å². The fraction of sp³-hybridized carbons (Fsp3) is 0.353. The van der Waals surface area contributed by atoms with Crippen molar-refractivity contribution in [2.24, 2.45) is 5.92 Å². The van der Waals surface area contributed by atoms with E-state index in [1.807, 2.05) is 31.2 Å². The zero-order chi connectivity index (χ0) is 16.8. The van der Waals surface area contributed by atoms with Crippen molar-refractivity contribution in [3.8, 4) is 17.0 Å². The first-order valence-electron chi connectivity index (χ1n) is 7.66. The number of nitrogens with one attached hydrogen (secondary N) is 1. The normalized spacial score (nSPS) is 10.6. The number of hydrogen-bond donors (Lipinski definition) is 2. The summed E-state index contributed by atoms with van der Waals surface area (Å²) in [5.41, 5.74) is 7.36. The zero-order valence-electron chi connectivity index (χ0n) is 13.7. The molecule has 0 atom stereocenters. The smallest absolute Gasteiger partial charge is 0.270 e. The molecule has 0 spiro atoms. The predicted molar refractivity (Wildman–Crippen MR) is 90.2 cm³/mol. The second kappa shape index (κ2) is 7.58. The molecule has 23 heavy (non-hydrogen) atoms. The van der Waals surface area contributed by atoms with E-state index >= 15 is 0 Å².